The maximum absolute atomic E-state index is 13.4. The second-order valence-corrected chi connectivity index (χ2v) is 9.78. The number of ketones is 1. The number of likely N-dealkylation sites (tertiary alicyclic amines) is 1. The van der Waals surface area contributed by atoms with Crippen molar-refractivity contribution in [2.45, 2.75) is 51.0 Å². The summed E-state index contributed by atoms with van der Waals surface area (Å²) in [4.78, 5) is 28.3. The maximum atomic E-state index is 13.4. The molecule has 0 radical (unpaired) electrons. The van der Waals surface area contributed by atoms with Crippen LogP contribution in [0.3, 0.4) is 0 Å². The van der Waals surface area contributed by atoms with Gasteiger partial charge in [-0.05, 0) is 48.2 Å². The van der Waals surface area contributed by atoms with Gasteiger partial charge in [-0.2, -0.15) is 0 Å². The van der Waals surface area contributed by atoms with Gasteiger partial charge in [0.25, 0.3) is 0 Å². The van der Waals surface area contributed by atoms with Gasteiger partial charge >= 0.3 is 0 Å². The van der Waals surface area contributed by atoms with Crippen molar-refractivity contribution in [2.75, 3.05) is 13.1 Å². The Labute approximate surface area is 201 Å². The van der Waals surface area contributed by atoms with E-state index < -0.39 is 5.60 Å². The summed E-state index contributed by atoms with van der Waals surface area (Å²) in [5, 5.41) is 0. The van der Waals surface area contributed by atoms with E-state index in [1.54, 1.807) is 0 Å². The zero-order valence-electron chi connectivity index (χ0n) is 19.9. The van der Waals surface area contributed by atoms with Gasteiger partial charge in [0.15, 0.2) is 5.78 Å². The number of rotatable bonds is 4. The van der Waals surface area contributed by atoms with Crippen LogP contribution in [0, 0.1) is 13.8 Å². The standard InChI is InChI=1S/C30H31NO3/c1-21-17-26-27(32)20-30(34-28(26)18-22(21)2)13-15-31(16-14-30)29(33)19-25(23-9-5-3-6-10-23)24-11-7-4-8-12-24/h3-12,17-18,25H,13-16,19-20H2,1-2H3. The summed E-state index contributed by atoms with van der Waals surface area (Å²) in [7, 11) is 0. The van der Waals surface area contributed by atoms with Gasteiger partial charge in [-0.3, -0.25) is 9.59 Å². The average Bonchev–Trinajstić information content (AvgIpc) is 2.85. The first-order valence-electron chi connectivity index (χ1n) is 12.2. The molecule has 0 saturated carbocycles. The van der Waals surface area contributed by atoms with Gasteiger partial charge in [0.1, 0.15) is 11.4 Å². The molecule has 2 aliphatic heterocycles. The number of nitrogens with zero attached hydrogens (tertiary/aromatic N) is 1. The van der Waals surface area contributed by atoms with Crippen LogP contribution in [0.5, 0.6) is 5.75 Å². The minimum Gasteiger partial charge on any atom is -0.486 e. The number of hydrogen-bond acceptors (Lipinski definition) is 3. The smallest absolute Gasteiger partial charge is 0.223 e. The molecule has 4 nitrogen and oxygen atoms in total. The van der Waals surface area contributed by atoms with Crippen molar-refractivity contribution in [1.29, 1.82) is 0 Å². The topological polar surface area (TPSA) is 46.6 Å². The van der Waals surface area contributed by atoms with Crippen LogP contribution in [-0.2, 0) is 4.79 Å². The first-order valence-corrected chi connectivity index (χ1v) is 12.2. The zero-order chi connectivity index (χ0) is 23.7. The fourth-order valence-electron chi connectivity index (χ4n) is 5.29. The molecule has 0 atom stereocenters. The van der Waals surface area contributed by atoms with Crippen LogP contribution in [0.2, 0.25) is 0 Å². The molecule has 5 rings (SSSR count). The molecule has 0 aromatic heterocycles. The van der Waals surface area contributed by atoms with Crippen molar-refractivity contribution in [2.24, 2.45) is 0 Å². The van der Waals surface area contributed by atoms with Crippen LogP contribution in [-0.4, -0.2) is 35.3 Å². The normalized spacial score (nSPS) is 16.9. The average molecular weight is 454 g/mol. The summed E-state index contributed by atoms with van der Waals surface area (Å²) in [6.07, 6.45) is 2.18. The zero-order valence-corrected chi connectivity index (χ0v) is 19.9. The second kappa shape index (κ2) is 9.09. The predicted molar refractivity (Wildman–Crippen MR) is 133 cm³/mol. The molecule has 3 aromatic carbocycles. The van der Waals surface area contributed by atoms with E-state index in [0.29, 0.717) is 50.1 Å². The fourth-order valence-corrected chi connectivity index (χ4v) is 5.29. The first-order chi connectivity index (χ1) is 16.4. The number of hydrogen-bond donors (Lipinski definition) is 0. The molecule has 0 aliphatic carbocycles. The molecule has 0 unspecified atom stereocenters. The van der Waals surface area contributed by atoms with E-state index in [0.717, 1.165) is 22.3 Å². The predicted octanol–water partition coefficient (Wildman–Crippen LogP) is 5.85. The van der Waals surface area contributed by atoms with Crippen LogP contribution in [0.4, 0.5) is 0 Å². The van der Waals surface area contributed by atoms with Gasteiger partial charge in [0, 0.05) is 38.3 Å². The number of ether oxygens (including phenoxy) is 1. The molecule has 34 heavy (non-hydrogen) atoms. The van der Waals surface area contributed by atoms with Crippen molar-refractivity contribution in [3.8, 4) is 5.75 Å². The molecule has 2 aliphatic rings. The third-order valence-corrected chi connectivity index (χ3v) is 7.52. The number of carbonyl (C=O) groups is 2. The Morgan fingerprint density at radius 1 is 0.912 bits per heavy atom. The van der Waals surface area contributed by atoms with E-state index in [9.17, 15) is 9.59 Å². The Balaban J connectivity index is 1.29. The third-order valence-electron chi connectivity index (χ3n) is 7.52. The highest BCUT2D eigenvalue weighted by atomic mass is 16.5. The lowest BCUT2D eigenvalue weighted by molar-refractivity contribution is -0.135. The first kappa shape index (κ1) is 22.4. The number of aryl methyl sites for hydroxylation is 2. The largest absolute Gasteiger partial charge is 0.486 e. The van der Waals surface area contributed by atoms with Crippen molar-refractivity contribution in [3.63, 3.8) is 0 Å². The Morgan fingerprint density at radius 2 is 1.47 bits per heavy atom. The van der Waals surface area contributed by atoms with Gasteiger partial charge in [-0.1, -0.05) is 60.7 Å². The van der Waals surface area contributed by atoms with Gasteiger partial charge in [-0.25, -0.2) is 0 Å². The highest BCUT2D eigenvalue weighted by molar-refractivity contribution is 6.00. The second-order valence-electron chi connectivity index (χ2n) is 9.78. The fraction of sp³-hybridized carbons (Fsp3) is 0.333. The van der Waals surface area contributed by atoms with E-state index in [4.69, 9.17) is 4.74 Å². The van der Waals surface area contributed by atoms with Gasteiger partial charge < -0.3 is 9.64 Å². The summed E-state index contributed by atoms with van der Waals surface area (Å²) < 4.78 is 6.46. The molecule has 4 heteroatoms. The number of Topliss-reactive ketones (excluding diaryl/α,β-unsaturated/α-hetero) is 1. The van der Waals surface area contributed by atoms with Crippen molar-refractivity contribution in [3.05, 3.63) is 101 Å². The number of piperidine rings is 1. The Bertz CT molecular complexity index is 1150. The van der Waals surface area contributed by atoms with Crippen molar-refractivity contribution in [1.82, 2.24) is 4.90 Å². The van der Waals surface area contributed by atoms with E-state index in [1.807, 2.05) is 67.3 Å². The van der Waals surface area contributed by atoms with Crippen LogP contribution >= 0.6 is 0 Å². The van der Waals surface area contributed by atoms with E-state index in [2.05, 4.69) is 24.3 Å². The summed E-state index contributed by atoms with van der Waals surface area (Å²) in [5.41, 5.74) is 4.74. The monoisotopic (exact) mass is 453 g/mol. The van der Waals surface area contributed by atoms with Gasteiger partial charge in [0.05, 0.1) is 12.0 Å². The molecule has 174 valence electrons. The summed E-state index contributed by atoms with van der Waals surface area (Å²) in [5.74, 6) is 1.03. The molecule has 1 fully saturated rings. The Kier molecular flexibility index (Phi) is 5.99. The molecule has 2 heterocycles. The van der Waals surface area contributed by atoms with Crippen molar-refractivity contribution >= 4 is 11.7 Å². The Hall–Kier alpha value is -3.40. The highest BCUT2D eigenvalue weighted by Crippen LogP contribution is 2.41. The molecule has 1 saturated heterocycles. The summed E-state index contributed by atoms with van der Waals surface area (Å²) in [6.45, 7) is 5.29. The van der Waals surface area contributed by atoms with Crippen LogP contribution < -0.4 is 4.74 Å². The van der Waals surface area contributed by atoms with E-state index in [-0.39, 0.29) is 17.6 Å². The lowest BCUT2D eigenvalue weighted by Gasteiger charge is -2.44. The van der Waals surface area contributed by atoms with Crippen LogP contribution in [0.1, 0.15) is 64.2 Å². The van der Waals surface area contributed by atoms with Crippen LogP contribution in [0.15, 0.2) is 72.8 Å². The highest BCUT2D eigenvalue weighted by Gasteiger charge is 2.44. The molecule has 0 bridgehead atoms. The maximum Gasteiger partial charge on any atom is 0.223 e. The third kappa shape index (κ3) is 4.37. The summed E-state index contributed by atoms with van der Waals surface area (Å²) >= 11 is 0. The summed E-state index contributed by atoms with van der Waals surface area (Å²) in [6, 6.07) is 24.4. The minimum absolute atomic E-state index is 0.0244. The number of benzene rings is 3. The van der Waals surface area contributed by atoms with Crippen molar-refractivity contribution < 1.29 is 14.3 Å². The Morgan fingerprint density at radius 3 is 2.06 bits per heavy atom. The number of carbonyl (C=O) groups excluding carboxylic acids is 2. The quantitative estimate of drug-likeness (QED) is 0.498. The molecule has 0 N–H and O–H groups in total. The SMILES string of the molecule is Cc1cc2c(cc1C)C(=O)CC1(CCN(C(=O)CC(c3ccccc3)c3ccccc3)CC1)O2. The molecule has 1 amide bonds. The molecular weight excluding hydrogens is 422 g/mol. The lowest BCUT2D eigenvalue weighted by Crippen LogP contribution is -2.52. The van der Waals surface area contributed by atoms with E-state index in [1.165, 1.54) is 0 Å². The molecule has 1 spiro atoms. The number of fused-ring (bicyclic) bond motifs is 1. The number of amides is 1. The molecule has 3 aromatic rings. The van der Waals surface area contributed by atoms with Crippen LogP contribution in [0.25, 0.3) is 0 Å². The minimum atomic E-state index is -0.499. The van der Waals surface area contributed by atoms with E-state index >= 15 is 0 Å². The lowest BCUT2D eigenvalue weighted by atomic mass is 9.81. The van der Waals surface area contributed by atoms with Gasteiger partial charge in [-0.15, -0.1) is 0 Å². The van der Waals surface area contributed by atoms with Gasteiger partial charge in [0.2, 0.25) is 5.91 Å². The molecular formula is C30H31NO3.